The third kappa shape index (κ3) is 9.03. The maximum atomic E-state index is 5.27. The van der Waals surface area contributed by atoms with Crippen molar-refractivity contribution in [2.45, 2.75) is 48.7 Å². The minimum absolute atomic E-state index is 0.232. The molecule has 0 aliphatic carbocycles. The van der Waals surface area contributed by atoms with Gasteiger partial charge in [-0.1, -0.05) is 24.3 Å². The Bertz CT molecular complexity index is 787. The van der Waals surface area contributed by atoms with Gasteiger partial charge in [0.2, 0.25) is 0 Å². The van der Waals surface area contributed by atoms with Crippen LogP contribution in [-0.4, -0.2) is 72.8 Å². The standard InChI is InChI=1S/C28H42N2O2S2/c1-27(2,33-19-23-7-11-25(31-5)12-8-23)21-29-15-17-30(18-16-29)22-28(3,4)34-20-24-9-13-26(32-6)14-10-24/h7-14H,15-22H2,1-6H3. The first-order valence-corrected chi connectivity index (χ1v) is 14.1. The van der Waals surface area contributed by atoms with Crippen LogP contribution in [-0.2, 0) is 11.5 Å². The first-order valence-electron chi connectivity index (χ1n) is 12.2. The van der Waals surface area contributed by atoms with E-state index in [1.165, 1.54) is 11.1 Å². The van der Waals surface area contributed by atoms with Crippen LogP contribution in [0.3, 0.4) is 0 Å². The lowest BCUT2D eigenvalue weighted by Crippen LogP contribution is -2.52. The molecule has 188 valence electrons. The molecule has 34 heavy (non-hydrogen) atoms. The van der Waals surface area contributed by atoms with E-state index >= 15 is 0 Å². The Morgan fingerprint density at radius 2 is 0.941 bits per heavy atom. The summed E-state index contributed by atoms with van der Waals surface area (Å²) in [6, 6.07) is 16.9. The highest BCUT2D eigenvalue weighted by atomic mass is 32.2. The van der Waals surface area contributed by atoms with Gasteiger partial charge in [-0.2, -0.15) is 0 Å². The van der Waals surface area contributed by atoms with Crippen LogP contribution in [0.4, 0.5) is 0 Å². The predicted octanol–water partition coefficient (Wildman–Crippen LogP) is 6.05. The molecule has 4 nitrogen and oxygen atoms in total. The second-order valence-electron chi connectivity index (χ2n) is 10.3. The number of hydrogen-bond donors (Lipinski definition) is 0. The Morgan fingerprint density at radius 3 is 1.24 bits per heavy atom. The second kappa shape index (κ2) is 12.6. The number of piperazine rings is 1. The first kappa shape index (κ1) is 27.3. The van der Waals surface area contributed by atoms with Crippen molar-refractivity contribution >= 4 is 23.5 Å². The van der Waals surface area contributed by atoms with Crippen LogP contribution in [0, 0.1) is 0 Å². The van der Waals surface area contributed by atoms with Crippen molar-refractivity contribution in [3.05, 3.63) is 59.7 Å². The van der Waals surface area contributed by atoms with E-state index in [1.807, 2.05) is 23.5 Å². The van der Waals surface area contributed by atoms with Crippen molar-refractivity contribution in [1.82, 2.24) is 9.80 Å². The average Bonchev–Trinajstić information content (AvgIpc) is 2.83. The molecular formula is C28H42N2O2S2. The fourth-order valence-electron chi connectivity index (χ4n) is 4.27. The van der Waals surface area contributed by atoms with Crippen molar-refractivity contribution in [2.24, 2.45) is 0 Å². The zero-order valence-electron chi connectivity index (χ0n) is 21.8. The predicted molar refractivity (Wildman–Crippen MR) is 150 cm³/mol. The summed E-state index contributed by atoms with van der Waals surface area (Å²) in [7, 11) is 3.43. The fraction of sp³-hybridized carbons (Fsp3) is 0.571. The van der Waals surface area contributed by atoms with Gasteiger partial charge in [0.1, 0.15) is 11.5 Å². The topological polar surface area (TPSA) is 24.9 Å². The van der Waals surface area contributed by atoms with Crippen LogP contribution < -0.4 is 9.47 Å². The molecular weight excluding hydrogens is 460 g/mol. The van der Waals surface area contributed by atoms with Gasteiger partial charge in [-0.25, -0.2) is 0 Å². The maximum absolute atomic E-state index is 5.27. The van der Waals surface area contributed by atoms with Crippen molar-refractivity contribution in [1.29, 1.82) is 0 Å². The summed E-state index contributed by atoms with van der Waals surface area (Å²) in [4.78, 5) is 5.30. The summed E-state index contributed by atoms with van der Waals surface area (Å²) in [5.74, 6) is 3.93. The smallest absolute Gasteiger partial charge is 0.118 e. The van der Waals surface area contributed by atoms with Crippen molar-refractivity contribution < 1.29 is 9.47 Å². The van der Waals surface area contributed by atoms with Gasteiger partial charge < -0.3 is 9.47 Å². The van der Waals surface area contributed by atoms with Gasteiger partial charge in [0, 0.05) is 60.3 Å². The van der Waals surface area contributed by atoms with E-state index in [4.69, 9.17) is 9.47 Å². The number of thioether (sulfide) groups is 2. The summed E-state index contributed by atoms with van der Waals surface area (Å²) >= 11 is 4.10. The third-order valence-corrected chi connectivity index (χ3v) is 9.03. The number of methoxy groups -OCH3 is 2. The zero-order valence-corrected chi connectivity index (χ0v) is 23.4. The summed E-state index contributed by atoms with van der Waals surface area (Å²) in [5, 5.41) is 0. The molecule has 0 N–H and O–H groups in total. The van der Waals surface area contributed by atoms with E-state index in [-0.39, 0.29) is 9.49 Å². The lowest BCUT2D eigenvalue weighted by molar-refractivity contribution is 0.121. The Morgan fingerprint density at radius 1 is 0.618 bits per heavy atom. The highest BCUT2D eigenvalue weighted by Crippen LogP contribution is 2.32. The van der Waals surface area contributed by atoms with Gasteiger partial charge in [-0.05, 0) is 63.1 Å². The average molecular weight is 503 g/mol. The fourth-order valence-corrected chi connectivity index (χ4v) is 6.32. The molecule has 0 saturated carbocycles. The van der Waals surface area contributed by atoms with Crippen LogP contribution in [0.5, 0.6) is 11.5 Å². The molecule has 1 aliphatic rings. The van der Waals surface area contributed by atoms with E-state index in [2.05, 4.69) is 86.0 Å². The first-order chi connectivity index (χ1) is 16.2. The lowest BCUT2D eigenvalue weighted by atomic mass is 10.1. The summed E-state index contributed by atoms with van der Waals surface area (Å²) in [6.07, 6.45) is 0. The van der Waals surface area contributed by atoms with Gasteiger partial charge in [-0.15, -0.1) is 23.5 Å². The van der Waals surface area contributed by atoms with E-state index in [9.17, 15) is 0 Å². The highest BCUT2D eigenvalue weighted by molar-refractivity contribution is 8.00. The molecule has 2 aromatic rings. The SMILES string of the molecule is COc1ccc(CSC(C)(C)CN2CCN(CC(C)(C)SCc3ccc(OC)cc3)CC2)cc1. The number of rotatable bonds is 12. The number of ether oxygens (including phenoxy) is 2. The zero-order chi connectivity index (χ0) is 24.6. The molecule has 0 unspecified atom stereocenters. The molecule has 0 atom stereocenters. The number of benzene rings is 2. The van der Waals surface area contributed by atoms with E-state index < -0.39 is 0 Å². The Kier molecular flexibility index (Phi) is 10.1. The molecule has 2 aromatic carbocycles. The minimum Gasteiger partial charge on any atom is -0.497 e. The molecule has 0 amide bonds. The Balaban J connectivity index is 1.38. The quantitative estimate of drug-likeness (QED) is 0.351. The van der Waals surface area contributed by atoms with Crippen molar-refractivity contribution in [3.8, 4) is 11.5 Å². The molecule has 1 saturated heterocycles. The summed E-state index contributed by atoms with van der Waals surface area (Å²) in [5.41, 5.74) is 2.72. The van der Waals surface area contributed by atoms with Crippen LogP contribution in [0.2, 0.25) is 0 Å². The molecule has 0 radical (unpaired) electrons. The van der Waals surface area contributed by atoms with Gasteiger partial charge >= 0.3 is 0 Å². The highest BCUT2D eigenvalue weighted by Gasteiger charge is 2.28. The molecule has 1 fully saturated rings. The summed E-state index contributed by atoms with van der Waals surface area (Å²) in [6.45, 7) is 16.4. The van der Waals surface area contributed by atoms with Crippen LogP contribution in [0.1, 0.15) is 38.8 Å². The summed E-state index contributed by atoms with van der Waals surface area (Å²) < 4.78 is 11.0. The van der Waals surface area contributed by atoms with Crippen LogP contribution in [0.25, 0.3) is 0 Å². The molecule has 0 bridgehead atoms. The monoisotopic (exact) mass is 502 g/mol. The van der Waals surface area contributed by atoms with Crippen molar-refractivity contribution in [3.63, 3.8) is 0 Å². The normalized spacial score (nSPS) is 15.9. The van der Waals surface area contributed by atoms with E-state index in [1.54, 1.807) is 14.2 Å². The molecule has 0 spiro atoms. The largest absolute Gasteiger partial charge is 0.497 e. The van der Waals surface area contributed by atoms with Gasteiger partial charge in [-0.3, -0.25) is 9.80 Å². The maximum Gasteiger partial charge on any atom is 0.118 e. The molecule has 1 heterocycles. The molecule has 6 heteroatoms. The van der Waals surface area contributed by atoms with E-state index in [0.29, 0.717) is 0 Å². The Hall–Kier alpha value is -1.34. The van der Waals surface area contributed by atoms with E-state index in [0.717, 1.165) is 62.3 Å². The van der Waals surface area contributed by atoms with Crippen LogP contribution >= 0.6 is 23.5 Å². The second-order valence-corrected chi connectivity index (χ2v) is 13.7. The van der Waals surface area contributed by atoms with Gasteiger partial charge in [0.25, 0.3) is 0 Å². The molecule has 3 rings (SSSR count). The van der Waals surface area contributed by atoms with Gasteiger partial charge in [0.15, 0.2) is 0 Å². The number of hydrogen-bond acceptors (Lipinski definition) is 6. The Labute approximate surface area is 215 Å². The molecule has 1 aliphatic heterocycles. The number of nitrogens with zero attached hydrogens (tertiary/aromatic N) is 2. The lowest BCUT2D eigenvalue weighted by Gasteiger charge is -2.41. The molecule has 0 aromatic heterocycles. The van der Waals surface area contributed by atoms with Crippen molar-refractivity contribution in [2.75, 3.05) is 53.5 Å². The van der Waals surface area contributed by atoms with Crippen LogP contribution in [0.15, 0.2) is 48.5 Å². The van der Waals surface area contributed by atoms with Gasteiger partial charge in [0.05, 0.1) is 14.2 Å². The minimum atomic E-state index is 0.232. The third-order valence-electron chi connectivity index (χ3n) is 6.25.